The Morgan fingerprint density at radius 2 is 2.06 bits per heavy atom. The number of rotatable bonds is 2. The smallest absolute Gasteiger partial charge is 0.191 e. The fraction of sp³-hybridized carbons (Fsp3) is 0.462. The van der Waals surface area contributed by atoms with Crippen LogP contribution in [0.15, 0.2) is 33.7 Å². The van der Waals surface area contributed by atoms with E-state index in [-0.39, 0.29) is 5.54 Å². The highest BCUT2D eigenvalue weighted by molar-refractivity contribution is 9.10. The summed E-state index contributed by atoms with van der Waals surface area (Å²) in [5.41, 5.74) is 7.01. The molecule has 0 fully saturated rings. The molecule has 0 atom stereocenters. The number of halogens is 1. The lowest BCUT2D eigenvalue weighted by atomic mass is 10.1. The molecular weight excluding hydrogens is 278 g/mol. The molecule has 0 aliphatic rings. The molecule has 2 N–H and O–H groups in total. The van der Waals surface area contributed by atoms with Crippen LogP contribution in [0, 0.1) is 0 Å². The number of nitrogens with two attached hydrogens (primary N) is 1. The van der Waals surface area contributed by atoms with Gasteiger partial charge in [-0.25, -0.2) is 4.99 Å². The van der Waals surface area contributed by atoms with Crippen LogP contribution in [-0.2, 0) is 6.54 Å². The average molecular weight is 298 g/mol. The summed E-state index contributed by atoms with van der Waals surface area (Å²) in [5, 5.41) is 0. The van der Waals surface area contributed by atoms with Gasteiger partial charge in [-0.1, -0.05) is 28.1 Å². The average Bonchev–Trinajstić information content (AvgIpc) is 2.14. The number of hydrogen-bond donors (Lipinski definition) is 1. The summed E-state index contributed by atoms with van der Waals surface area (Å²) in [6, 6.07) is 8.19. The van der Waals surface area contributed by atoms with Gasteiger partial charge in [-0.05, 0) is 38.5 Å². The van der Waals surface area contributed by atoms with Crippen LogP contribution in [0.1, 0.15) is 26.3 Å². The van der Waals surface area contributed by atoms with Crippen LogP contribution in [0.5, 0.6) is 0 Å². The predicted molar refractivity (Wildman–Crippen MR) is 77.0 cm³/mol. The van der Waals surface area contributed by atoms with E-state index in [0.29, 0.717) is 5.96 Å². The van der Waals surface area contributed by atoms with Crippen LogP contribution in [0.25, 0.3) is 0 Å². The Labute approximate surface area is 112 Å². The minimum atomic E-state index is -0.143. The second-order valence-corrected chi connectivity index (χ2v) is 6.04. The highest BCUT2D eigenvalue weighted by Gasteiger charge is 2.11. The third kappa shape index (κ3) is 5.22. The molecule has 0 heterocycles. The van der Waals surface area contributed by atoms with Crippen LogP contribution in [0.3, 0.4) is 0 Å². The Morgan fingerprint density at radius 1 is 1.41 bits per heavy atom. The zero-order chi connectivity index (χ0) is 13.1. The lowest BCUT2D eigenvalue weighted by Crippen LogP contribution is -2.35. The lowest BCUT2D eigenvalue weighted by molar-refractivity contribution is 0.474. The number of benzene rings is 1. The van der Waals surface area contributed by atoms with Gasteiger partial charge in [0.25, 0.3) is 0 Å². The molecule has 0 saturated carbocycles. The minimum Gasteiger partial charge on any atom is -0.370 e. The van der Waals surface area contributed by atoms with Crippen LogP contribution in [-0.4, -0.2) is 23.4 Å². The van der Waals surface area contributed by atoms with Crippen LogP contribution >= 0.6 is 15.9 Å². The maximum atomic E-state index is 5.95. The summed E-state index contributed by atoms with van der Waals surface area (Å²) in [7, 11) is 1.95. The largest absolute Gasteiger partial charge is 0.370 e. The van der Waals surface area contributed by atoms with Gasteiger partial charge < -0.3 is 10.6 Å². The van der Waals surface area contributed by atoms with E-state index in [4.69, 9.17) is 5.73 Å². The highest BCUT2D eigenvalue weighted by Crippen LogP contribution is 2.13. The van der Waals surface area contributed by atoms with Crippen LogP contribution in [0.4, 0.5) is 0 Å². The van der Waals surface area contributed by atoms with Crippen LogP contribution in [0.2, 0.25) is 0 Å². The maximum absolute atomic E-state index is 5.95. The van der Waals surface area contributed by atoms with Crippen molar-refractivity contribution in [2.45, 2.75) is 32.9 Å². The molecule has 4 heteroatoms. The van der Waals surface area contributed by atoms with Crippen LogP contribution < -0.4 is 5.73 Å². The fourth-order valence-electron chi connectivity index (χ4n) is 1.42. The first kappa shape index (κ1) is 14.0. The fourth-order valence-corrected chi connectivity index (χ4v) is 1.87. The molecule has 0 saturated heterocycles. The number of hydrogen-bond acceptors (Lipinski definition) is 1. The van der Waals surface area contributed by atoms with Crippen molar-refractivity contribution in [3.05, 3.63) is 34.3 Å². The molecule has 0 aromatic heterocycles. The van der Waals surface area contributed by atoms with Gasteiger partial charge in [-0.3, -0.25) is 0 Å². The van der Waals surface area contributed by atoms with Crippen molar-refractivity contribution >= 4 is 21.9 Å². The van der Waals surface area contributed by atoms with Crippen molar-refractivity contribution in [2.75, 3.05) is 7.05 Å². The third-order valence-corrected chi connectivity index (χ3v) is 2.64. The van der Waals surface area contributed by atoms with E-state index in [1.54, 1.807) is 0 Å². The van der Waals surface area contributed by atoms with Gasteiger partial charge >= 0.3 is 0 Å². The summed E-state index contributed by atoms with van der Waals surface area (Å²) >= 11 is 3.46. The summed E-state index contributed by atoms with van der Waals surface area (Å²) in [6.07, 6.45) is 0. The van der Waals surface area contributed by atoms with Crippen molar-refractivity contribution in [3.8, 4) is 0 Å². The molecule has 1 rings (SSSR count). The Bertz CT molecular complexity index is 407. The highest BCUT2D eigenvalue weighted by atomic mass is 79.9. The minimum absolute atomic E-state index is 0.143. The quantitative estimate of drug-likeness (QED) is 0.673. The van der Waals surface area contributed by atoms with Crippen molar-refractivity contribution in [1.29, 1.82) is 0 Å². The monoisotopic (exact) mass is 297 g/mol. The number of nitrogens with zero attached hydrogens (tertiary/aromatic N) is 2. The summed E-state index contributed by atoms with van der Waals surface area (Å²) < 4.78 is 1.08. The topological polar surface area (TPSA) is 41.6 Å². The number of guanidine groups is 1. The van der Waals surface area contributed by atoms with E-state index in [1.807, 2.05) is 44.9 Å². The van der Waals surface area contributed by atoms with Gasteiger partial charge in [0.2, 0.25) is 0 Å². The first-order valence-corrected chi connectivity index (χ1v) is 6.38. The molecule has 0 aliphatic carbocycles. The second-order valence-electron chi connectivity index (χ2n) is 5.13. The Morgan fingerprint density at radius 3 is 2.59 bits per heavy atom. The van der Waals surface area contributed by atoms with Crippen molar-refractivity contribution in [3.63, 3.8) is 0 Å². The zero-order valence-corrected chi connectivity index (χ0v) is 12.5. The van der Waals surface area contributed by atoms with E-state index >= 15 is 0 Å². The van der Waals surface area contributed by atoms with Gasteiger partial charge in [0, 0.05) is 18.1 Å². The van der Waals surface area contributed by atoms with E-state index in [1.165, 1.54) is 5.56 Å². The molecule has 0 radical (unpaired) electrons. The van der Waals surface area contributed by atoms with Gasteiger partial charge in [0.1, 0.15) is 0 Å². The Kier molecular flexibility index (Phi) is 4.57. The molecule has 17 heavy (non-hydrogen) atoms. The van der Waals surface area contributed by atoms with E-state index < -0.39 is 0 Å². The molecule has 94 valence electrons. The summed E-state index contributed by atoms with van der Waals surface area (Å²) in [6.45, 7) is 6.86. The predicted octanol–water partition coefficient (Wildman–Crippen LogP) is 2.99. The molecule has 0 aliphatic heterocycles. The summed E-state index contributed by atoms with van der Waals surface area (Å²) in [4.78, 5) is 6.39. The molecule has 0 bridgehead atoms. The zero-order valence-electron chi connectivity index (χ0n) is 10.9. The molecule has 0 spiro atoms. The Hall–Kier alpha value is -1.03. The standard InChI is InChI=1S/C13H20BrN3/c1-13(2,3)16-12(15)17(4)9-10-6-5-7-11(14)8-10/h5-8H,9H2,1-4H3,(H2,15,16). The molecule has 3 nitrogen and oxygen atoms in total. The molecular formula is C13H20BrN3. The van der Waals surface area contributed by atoms with Gasteiger partial charge in [-0.15, -0.1) is 0 Å². The number of aliphatic imine (C=N–C) groups is 1. The van der Waals surface area contributed by atoms with Gasteiger partial charge in [-0.2, -0.15) is 0 Å². The lowest BCUT2D eigenvalue weighted by Gasteiger charge is -2.22. The van der Waals surface area contributed by atoms with E-state index in [0.717, 1.165) is 11.0 Å². The maximum Gasteiger partial charge on any atom is 0.191 e. The van der Waals surface area contributed by atoms with Crippen molar-refractivity contribution in [2.24, 2.45) is 10.7 Å². The van der Waals surface area contributed by atoms with Gasteiger partial charge in [0.15, 0.2) is 5.96 Å². The molecule has 1 aromatic carbocycles. The first-order valence-electron chi connectivity index (χ1n) is 5.59. The summed E-state index contributed by atoms with van der Waals surface area (Å²) in [5.74, 6) is 0.567. The van der Waals surface area contributed by atoms with E-state index in [9.17, 15) is 0 Å². The normalized spacial score (nSPS) is 12.6. The van der Waals surface area contributed by atoms with E-state index in [2.05, 4.69) is 33.1 Å². The molecule has 0 amide bonds. The SMILES string of the molecule is CN(Cc1cccc(Br)c1)C(N)=NC(C)(C)C. The first-order chi connectivity index (χ1) is 7.78. The molecule has 0 unspecified atom stereocenters. The Balaban J connectivity index is 2.73. The van der Waals surface area contributed by atoms with Gasteiger partial charge in [0.05, 0.1) is 5.54 Å². The third-order valence-electron chi connectivity index (χ3n) is 2.15. The van der Waals surface area contributed by atoms with Crippen molar-refractivity contribution in [1.82, 2.24) is 4.90 Å². The second kappa shape index (κ2) is 5.54. The van der Waals surface area contributed by atoms with Crippen molar-refractivity contribution < 1.29 is 0 Å². The molecule has 1 aromatic rings.